The Balaban J connectivity index is 1.32. The highest BCUT2D eigenvalue weighted by Crippen LogP contribution is 2.45. The average molecular weight is 359 g/mol. The van der Waals surface area contributed by atoms with Crippen LogP contribution in [0.1, 0.15) is 29.4 Å². The maximum Gasteiger partial charge on any atom is 0.115 e. The van der Waals surface area contributed by atoms with Crippen LogP contribution in [0.3, 0.4) is 0 Å². The Kier molecular flexibility index (Phi) is 4.58. The number of likely N-dealkylation sites (tertiary alicyclic amines) is 1. The molecular formula is C20H25NO3S. The molecule has 4 rings (SSSR count). The zero-order valence-electron chi connectivity index (χ0n) is 14.2. The Morgan fingerprint density at radius 2 is 1.80 bits per heavy atom. The minimum absolute atomic E-state index is 0.219. The zero-order chi connectivity index (χ0) is 17.4. The molecule has 2 heterocycles. The largest absolute Gasteiger partial charge is 0.508 e. The predicted molar refractivity (Wildman–Crippen MR) is 98.7 cm³/mol. The van der Waals surface area contributed by atoms with E-state index >= 15 is 0 Å². The number of aromatic hydroxyl groups is 1. The summed E-state index contributed by atoms with van der Waals surface area (Å²) in [5.74, 6) is 1.27. The van der Waals surface area contributed by atoms with E-state index in [0.29, 0.717) is 18.4 Å². The lowest BCUT2D eigenvalue weighted by Gasteiger charge is -2.26. The summed E-state index contributed by atoms with van der Waals surface area (Å²) in [6.45, 7) is 2.51. The summed E-state index contributed by atoms with van der Waals surface area (Å²) in [4.78, 5) is 3.58. The molecule has 0 amide bonds. The number of hydrogen-bond acceptors (Lipinski definition) is 5. The highest BCUT2D eigenvalue weighted by atomic mass is 32.1. The first-order chi connectivity index (χ1) is 12.0. The summed E-state index contributed by atoms with van der Waals surface area (Å²) >= 11 is 1.72. The van der Waals surface area contributed by atoms with Crippen molar-refractivity contribution in [1.29, 1.82) is 0 Å². The molecule has 4 nitrogen and oxygen atoms in total. The number of thiophene rings is 1. The van der Waals surface area contributed by atoms with E-state index in [-0.39, 0.29) is 5.75 Å². The van der Waals surface area contributed by atoms with Gasteiger partial charge in [-0.05, 0) is 53.8 Å². The van der Waals surface area contributed by atoms with Crippen molar-refractivity contribution in [3.63, 3.8) is 0 Å². The number of rotatable bonds is 5. The van der Waals surface area contributed by atoms with Crippen molar-refractivity contribution in [2.75, 3.05) is 19.6 Å². The SMILES string of the molecule is Oc1ccc(C(O)CN2C[C@@H]3C[C@](O)(Cc4cccs4)C[C@@H]3C2)cc1. The van der Waals surface area contributed by atoms with Gasteiger partial charge in [0.25, 0.3) is 0 Å². The van der Waals surface area contributed by atoms with Crippen LogP contribution in [0.5, 0.6) is 5.75 Å². The fourth-order valence-electron chi connectivity index (χ4n) is 4.64. The number of benzene rings is 1. The number of phenols is 1. The lowest BCUT2D eigenvalue weighted by atomic mass is 9.95. The van der Waals surface area contributed by atoms with Gasteiger partial charge in [-0.3, -0.25) is 4.90 Å². The van der Waals surface area contributed by atoms with Gasteiger partial charge in [0, 0.05) is 30.9 Å². The summed E-state index contributed by atoms with van der Waals surface area (Å²) in [5.41, 5.74) is 0.283. The minimum atomic E-state index is -0.554. The Morgan fingerprint density at radius 1 is 1.12 bits per heavy atom. The zero-order valence-corrected chi connectivity index (χ0v) is 15.0. The second-order valence-electron chi connectivity index (χ2n) is 7.73. The Bertz CT molecular complexity index is 686. The molecule has 25 heavy (non-hydrogen) atoms. The van der Waals surface area contributed by atoms with Gasteiger partial charge in [0.1, 0.15) is 5.75 Å². The summed E-state index contributed by atoms with van der Waals surface area (Å²) in [7, 11) is 0. The molecule has 1 aromatic carbocycles. The molecule has 1 saturated carbocycles. The molecule has 3 N–H and O–H groups in total. The average Bonchev–Trinajstić information content (AvgIpc) is 3.24. The van der Waals surface area contributed by atoms with E-state index in [1.807, 2.05) is 6.07 Å². The van der Waals surface area contributed by atoms with Gasteiger partial charge in [-0.25, -0.2) is 0 Å². The second-order valence-corrected chi connectivity index (χ2v) is 8.77. The third kappa shape index (κ3) is 3.75. The first kappa shape index (κ1) is 17.0. The molecular weight excluding hydrogens is 334 g/mol. The molecule has 4 atom stereocenters. The molecule has 1 unspecified atom stereocenters. The molecule has 1 aromatic heterocycles. The number of fused-ring (bicyclic) bond motifs is 1. The topological polar surface area (TPSA) is 63.9 Å². The number of phenolic OH excluding ortho intramolecular Hbond substituents is 1. The summed E-state index contributed by atoms with van der Waals surface area (Å²) in [6.07, 6.45) is 1.96. The molecule has 0 radical (unpaired) electrons. The molecule has 2 fully saturated rings. The van der Waals surface area contributed by atoms with Crippen molar-refractivity contribution in [1.82, 2.24) is 4.90 Å². The van der Waals surface area contributed by atoms with Gasteiger partial charge < -0.3 is 15.3 Å². The van der Waals surface area contributed by atoms with Gasteiger partial charge in [-0.2, -0.15) is 0 Å². The molecule has 1 aliphatic heterocycles. The summed E-state index contributed by atoms with van der Waals surface area (Å²) in [5, 5.41) is 32.8. The fourth-order valence-corrected chi connectivity index (χ4v) is 5.48. The molecule has 5 heteroatoms. The number of nitrogens with zero attached hydrogens (tertiary/aromatic N) is 1. The lowest BCUT2D eigenvalue weighted by Crippen LogP contribution is -2.33. The molecule has 1 aliphatic carbocycles. The number of aliphatic hydroxyl groups is 2. The van der Waals surface area contributed by atoms with Crippen LogP contribution >= 0.6 is 11.3 Å². The van der Waals surface area contributed by atoms with Gasteiger partial charge in [0.15, 0.2) is 0 Å². The van der Waals surface area contributed by atoms with Gasteiger partial charge in [0.2, 0.25) is 0 Å². The Morgan fingerprint density at radius 3 is 2.40 bits per heavy atom. The van der Waals surface area contributed by atoms with Crippen LogP contribution in [0, 0.1) is 11.8 Å². The second kappa shape index (κ2) is 6.72. The van der Waals surface area contributed by atoms with E-state index in [9.17, 15) is 15.3 Å². The highest BCUT2D eigenvalue weighted by Gasteiger charge is 2.48. The van der Waals surface area contributed by atoms with Crippen LogP contribution in [-0.2, 0) is 6.42 Å². The third-order valence-corrected chi connectivity index (χ3v) is 6.61. The van der Waals surface area contributed by atoms with Crippen molar-refractivity contribution >= 4 is 11.3 Å². The fraction of sp³-hybridized carbons (Fsp3) is 0.500. The molecule has 134 valence electrons. The van der Waals surface area contributed by atoms with Gasteiger partial charge in [-0.1, -0.05) is 18.2 Å². The molecule has 0 spiro atoms. The van der Waals surface area contributed by atoms with Crippen molar-refractivity contribution in [3.8, 4) is 5.75 Å². The van der Waals surface area contributed by atoms with E-state index in [0.717, 1.165) is 37.9 Å². The van der Waals surface area contributed by atoms with Crippen LogP contribution < -0.4 is 0 Å². The lowest BCUT2D eigenvalue weighted by molar-refractivity contribution is 0.0335. The van der Waals surface area contributed by atoms with Crippen molar-refractivity contribution < 1.29 is 15.3 Å². The minimum Gasteiger partial charge on any atom is -0.508 e. The van der Waals surface area contributed by atoms with Crippen LogP contribution in [0.25, 0.3) is 0 Å². The van der Waals surface area contributed by atoms with Crippen molar-refractivity contribution in [3.05, 3.63) is 52.2 Å². The third-order valence-electron chi connectivity index (χ3n) is 5.73. The van der Waals surface area contributed by atoms with E-state index in [4.69, 9.17) is 0 Å². The van der Waals surface area contributed by atoms with Gasteiger partial charge >= 0.3 is 0 Å². The predicted octanol–water partition coefficient (Wildman–Crippen LogP) is 2.80. The van der Waals surface area contributed by atoms with E-state index < -0.39 is 11.7 Å². The number of β-amino-alcohol motifs (C(OH)–C–C–N with tert-alkyl or cyclic N) is 1. The van der Waals surface area contributed by atoms with Crippen LogP contribution in [0.2, 0.25) is 0 Å². The van der Waals surface area contributed by atoms with Crippen LogP contribution in [-0.4, -0.2) is 45.5 Å². The number of aliphatic hydroxyl groups excluding tert-OH is 1. The standard InChI is InChI=1S/C20H25NO3S/c22-17-5-3-14(4-6-17)19(23)13-21-11-15-8-20(24,9-16(15)12-21)10-18-2-1-7-25-18/h1-7,15-16,19,22-24H,8-13H2/t15-,16+,19?,20+. The normalized spacial score (nSPS) is 30.5. The molecule has 0 bridgehead atoms. The Hall–Kier alpha value is -1.40. The maximum atomic E-state index is 11.0. The summed E-state index contributed by atoms with van der Waals surface area (Å²) < 4.78 is 0. The first-order valence-electron chi connectivity index (χ1n) is 8.95. The molecule has 1 saturated heterocycles. The number of hydrogen-bond donors (Lipinski definition) is 3. The van der Waals surface area contributed by atoms with E-state index in [1.54, 1.807) is 35.6 Å². The smallest absolute Gasteiger partial charge is 0.115 e. The quantitative estimate of drug-likeness (QED) is 0.768. The van der Waals surface area contributed by atoms with Crippen LogP contribution in [0.4, 0.5) is 0 Å². The first-order valence-corrected chi connectivity index (χ1v) is 9.83. The van der Waals surface area contributed by atoms with E-state index in [2.05, 4.69) is 16.3 Å². The monoisotopic (exact) mass is 359 g/mol. The van der Waals surface area contributed by atoms with Gasteiger partial charge in [-0.15, -0.1) is 11.3 Å². The van der Waals surface area contributed by atoms with Crippen molar-refractivity contribution in [2.45, 2.75) is 31.0 Å². The van der Waals surface area contributed by atoms with Crippen LogP contribution in [0.15, 0.2) is 41.8 Å². The molecule has 2 aromatic rings. The Labute approximate surface area is 152 Å². The van der Waals surface area contributed by atoms with Gasteiger partial charge in [0.05, 0.1) is 11.7 Å². The van der Waals surface area contributed by atoms with E-state index in [1.165, 1.54) is 4.88 Å². The van der Waals surface area contributed by atoms with Crippen molar-refractivity contribution in [2.24, 2.45) is 11.8 Å². The molecule has 2 aliphatic rings. The maximum absolute atomic E-state index is 11.0. The summed E-state index contributed by atoms with van der Waals surface area (Å²) in [6, 6.07) is 10.9. The highest BCUT2D eigenvalue weighted by molar-refractivity contribution is 7.09.